The van der Waals surface area contributed by atoms with Crippen LogP contribution in [0.4, 0.5) is 11.4 Å². The lowest BCUT2D eigenvalue weighted by molar-refractivity contribution is 0.193. The summed E-state index contributed by atoms with van der Waals surface area (Å²) in [5.41, 5.74) is 12.9. The van der Waals surface area contributed by atoms with Crippen molar-refractivity contribution in [2.24, 2.45) is 0 Å². The zero-order chi connectivity index (χ0) is 9.84. The molecule has 0 saturated carbocycles. The van der Waals surface area contributed by atoms with Gasteiger partial charge in [-0.15, -0.1) is 0 Å². The molecule has 4 heteroatoms. The van der Waals surface area contributed by atoms with Crippen LogP contribution in [-0.4, -0.2) is 23.4 Å². The smallest absolute Gasteiger partial charge is 0.0584 e. The third-order valence-corrected chi connectivity index (χ3v) is 2.05. The van der Waals surface area contributed by atoms with Gasteiger partial charge in [0.25, 0.3) is 0 Å². The van der Waals surface area contributed by atoms with Gasteiger partial charge in [0, 0.05) is 5.92 Å². The maximum absolute atomic E-state index is 8.94. The molecule has 1 aromatic rings. The Labute approximate surface area is 76.8 Å². The van der Waals surface area contributed by atoms with Crippen LogP contribution in [0.5, 0.6) is 0 Å². The van der Waals surface area contributed by atoms with Crippen LogP contribution in [0.1, 0.15) is 11.5 Å². The zero-order valence-electron chi connectivity index (χ0n) is 7.27. The van der Waals surface area contributed by atoms with E-state index in [9.17, 15) is 0 Å². The molecule has 72 valence electrons. The van der Waals surface area contributed by atoms with Crippen molar-refractivity contribution in [3.63, 3.8) is 0 Å². The molecule has 0 amide bonds. The number of anilines is 2. The fourth-order valence-electron chi connectivity index (χ4n) is 1.21. The Bertz CT molecular complexity index is 285. The Morgan fingerprint density at radius 2 is 1.77 bits per heavy atom. The minimum Gasteiger partial charge on any atom is -0.397 e. The molecular weight excluding hydrogens is 168 g/mol. The number of rotatable bonds is 3. The minimum absolute atomic E-state index is 0.135. The highest BCUT2D eigenvalue weighted by atomic mass is 16.3. The van der Waals surface area contributed by atoms with E-state index in [4.69, 9.17) is 21.7 Å². The number of para-hydroxylation sites is 1. The van der Waals surface area contributed by atoms with Crippen LogP contribution in [0.2, 0.25) is 0 Å². The molecule has 0 fully saturated rings. The van der Waals surface area contributed by atoms with Gasteiger partial charge in [0.1, 0.15) is 0 Å². The topological polar surface area (TPSA) is 92.5 Å². The van der Waals surface area contributed by atoms with Crippen LogP contribution in [0.15, 0.2) is 18.2 Å². The second-order valence-electron chi connectivity index (χ2n) is 2.91. The molecule has 0 spiro atoms. The average Bonchev–Trinajstić information content (AvgIpc) is 2.14. The molecule has 0 radical (unpaired) electrons. The molecule has 0 atom stereocenters. The highest BCUT2D eigenvalue weighted by molar-refractivity contribution is 5.68. The van der Waals surface area contributed by atoms with E-state index < -0.39 is 0 Å². The summed E-state index contributed by atoms with van der Waals surface area (Å²) in [5.74, 6) is -0.344. The van der Waals surface area contributed by atoms with Gasteiger partial charge in [0.15, 0.2) is 0 Å². The van der Waals surface area contributed by atoms with E-state index in [1.807, 2.05) is 0 Å². The lowest BCUT2D eigenvalue weighted by Crippen LogP contribution is -2.12. The molecule has 0 aliphatic rings. The molecule has 0 saturated heterocycles. The SMILES string of the molecule is Nc1cccc(C(CO)CO)c1N. The average molecular weight is 182 g/mol. The van der Waals surface area contributed by atoms with Crippen molar-refractivity contribution < 1.29 is 10.2 Å². The molecular formula is C9H14N2O2. The van der Waals surface area contributed by atoms with E-state index in [1.165, 1.54) is 0 Å². The van der Waals surface area contributed by atoms with Crippen molar-refractivity contribution in [2.45, 2.75) is 5.92 Å². The lowest BCUT2D eigenvalue weighted by Gasteiger charge is -2.14. The predicted molar refractivity (Wildman–Crippen MR) is 52.2 cm³/mol. The van der Waals surface area contributed by atoms with Gasteiger partial charge in [0.2, 0.25) is 0 Å². The van der Waals surface area contributed by atoms with Crippen molar-refractivity contribution in [3.8, 4) is 0 Å². The largest absolute Gasteiger partial charge is 0.397 e. The Kier molecular flexibility index (Phi) is 3.11. The molecule has 4 nitrogen and oxygen atoms in total. The van der Waals surface area contributed by atoms with Crippen LogP contribution in [0, 0.1) is 0 Å². The molecule has 6 N–H and O–H groups in total. The second-order valence-corrected chi connectivity index (χ2v) is 2.91. The monoisotopic (exact) mass is 182 g/mol. The fraction of sp³-hybridized carbons (Fsp3) is 0.333. The number of aliphatic hydroxyl groups is 2. The number of benzene rings is 1. The third-order valence-electron chi connectivity index (χ3n) is 2.05. The van der Waals surface area contributed by atoms with Crippen LogP contribution in [0.3, 0.4) is 0 Å². The summed E-state index contributed by atoms with van der Waals surface area (Å²) in [7, 11) is 0. The number of nitrogens with two attached hydrogens (primary N) is 2. The Morgan fingerprint density at radius 1 is 1.15 bits per heavy atom. The summed E-state index contributed by atoms with van der Waals surface area (Å²) < 4.78 is 0. The highest BCUT2D eigenvalue weighted by Gasteiger charge is 2.13. The number of nitrogen functional groups attached to an aromatic ring is 2. The summed E-state index contributed by atoms with van der Waals surface area (Å²) >= 11 is 0. The second kappa shape index (κ2) is 4.11. The molecule has 0 aromatic heterocycles. The van der Waals surface area contributed by atoms with E-state index in [0.29, 0.717) is 16.9 Å². The summed E-state index contributed by atoms with van der Waals surface area (Å²) in [5, 5.41) is 17.9. The Morgan fingerprint density at radius 3 is 2.31 bits per heavy atom. The normalized spacial score (nSPS) is 10.7. The van der Waals surface area contributed by atoms with Gasteiger partial charge in [0.05, 0.1) is 24.6 Å². The standard InChI is InChI=1S/C9H14N2O2/c10-8-3-1-2-7(9(8)11)6(4-12)5-13/h1-3,6,12-13H,4-5,10-11H2. The van der Waals surface area contributed by atoms with Gasteiger partial charge in [-0.05, 0) is 11.6 Å². The van der Waals surface area contributed by atoms with Gasteiger partial charge < -0.3 is 21.7 Å². The van der Waals surface area contributed by atoms with E-state index in [-0.39, 0.29) is 19.1 Å². The zero-order valence-corrected chi connectivity index (χ0v) is 7.27. The first-order chi connectivity index (χ1) is 6.20. The van der Waals surface area contributed by atoms with Crippen molar-refractivity contribution in [3.05, 3.63) is 23.8 Å². The molecule has 0 heterocycles. The Hall–Kier alpha value is -1.26. The summed E-state index contributed by atoms with van der Waals surface area (Å²) in [4.78, 5) is 0. The first-order valence-electron chi connectivity index (χ1n) is 4.06. The van der Waals surface area contributed by atoms with Gasteiger partial charge >= 0.3 is 0 Å². The Balaban J connectivity index is 3.05. The summed E-state index contributed by atoms with van der Waals surface area (Å²) in [6.45, 7) is -0.270. The molecule has 1 rings (SSSR count). The third kappa shape index (κ3) is 1.91. The highest BCUT2D eigenvalue weighted by Crippen LogP contribution is 2.26. The maximum Gasteiger partial charge on any atom is 0.0584 e. The van der Waals surface area contributed by atoms with Crippen molar-refractivity contribution in [2.75, 3.05) is 24.7 Å². The first kappa shape index (κ1) is 9.83. The van der Waals surface area contributed by atoms with E-state index in [0.717, 1.165) is 0 Å². The number of hydrogen-bond acceptors (Lipinski definition) is 4. The molecule has 0 bridgehead atoms. The lowest BCUT2D eigenvalue weighted by atomic mass is 9.98. The van der Waals surface area contributed by atoms with Gasteiger partial charge in [-0.25, -0.2) is 0 Å². The molecule has 0 unspecified atom stereocenters. The van der Waals surface area contributed by atoms with E-state index in [2.05, 4.69) is 0 Å². The molecule has 0 aliphatic heterocycles. The van der Waals surface area contributed by atoms with Crippen molar-refractivity contribution in [1.82, 2.24) is 0 Å². The van der Waals surface area contributed by atoms with Crippen LogP contribution in [0.25, 0.3) is 0 Å². The van der Waals surface area contributed by atoms with E-state index >= 15 is 0 Å². The van der Waals surface area contributed by atoms with Crippen molar-refractivity contribution >= 4 is 11.4 Å². The molecule has 0 aliphatic carbocycles. The summed E-state index contributed by atoms with van der Waals surface area (Å²) in [6.07, 6.45) is 0. The van der Waals surface area contributed by atoms with E-state index in [1.54, 1.807) is 18.2 Å². The maximum atomic E-state index is 8.94. The van der Waals surface area contributed by atoms with Crippen LogP contribution >= 0.6 is 0 Å². The van der Waals surface area contributed by atoms with Gasteiger partial charge in [-0.3, -0.25) is 0 Å². The van der Waals surface area contributed by atoms with Gasteiger partial charge in [-0.2, -0.15) is 0 Å². The summed E-state index contributed by atoms with van der Waals surface area (Å²) in [6, 6.07) is 5.19. The predicted octanol–water partition coefficient (Wildman–Crippen LogP) is -0.0808. The minimum atomic E-state index is -0.344. The quantitative estimate of drug-likeness (QED) is 0.492. The molecule has 1 aromatic carbocycles. The van der Waals surface area contributed by atoms with Crippen LogP contribution < -0.4 is 11.5 Å². The van der Waals surface area contributed by atoms with Crippen molar-refractivity contribution in [1.29, 1.82) is 0 Å². The number of hydrogen-bond donors (Lipinski definition) is 4. The fourth-order valence-corrected chi connectivity index (χ4v) is 1.21. The molecule has 13 heavy (non-hydrogen) atoms. The number of aliphatic hydroxyl groups excluding tert-OH is 2. The first-order valence-corrected chi connectivity index (χ1v) is 4.06. The van der Waals surface area contributed by atoms with Crippen LogP contribution in [-0.2, 0) is 0 Å². The van der Waals surface area contributed by atoms with Gasteiger partial charge in [-0.1, -0.05) is 12.1 Å².